The Labute approximate surface area is 139 Å². The standard InChI is InChI=1S/C18H17IN2/c1-21(13-3-12-20)18-10-8-15(9-11-18)6-7-16-4-2-5-17(19)14-16/h2,4-11,14H,3,13H2,1H3/b7-6+. The van der Waals surface area contributed by atoms with Gasteiger partial charge in [-0.1, -0.05) is 36.4 Å². The first kappa shape index (κ1) is 15.6. The zero-order chi connectivity index (χ0) is 15.1. The average molecular weight is 388 g/mol. The molecule has 0 N–H and O–H groups in total. The van der Waals surface area contributed by atoms with Crippen molar-refractivity contribution in [3.63, 3.8) is 0 Å². The lowest BCUT2D eigenvalue weighted by atomic mass is 10.1. The summed E-state index contributed by atoms with van der Waals surface area (Å²) >= 11 is 2.32. The molecule has 0 fully saturated rings. The number of nitrogens with zero attached hydrogens (tertiary/aromatic N) is 2. The van der Waals surface area contributed by atoms with Gasteiger partial charge in [0, 0.05) is 22.8 Å². The van der Waals surface area contributed by atoms with E-state index < -0.39 is 0 Å². The first-order valence-corrected chi connectivity index (χ1v) is 7.89. The van der Waals surface area contributed by atoms with Crippen molar-refractivity contribution in [3.05, 3.63) is 63.2 Å². The molecule has 0 spiro atoms. The van der Waals surface area contributed by atoms with Crippen LogP contribution in [-0.2, 0) is 0 Å². The summed E-state index contributed by atoms with van der Waals surface area (Å²) < 4.78 is 1.24. The second-order valence-corrected chi connectivity index (χ2v) is 6.06. The summed E-state index contributed by atoms with van der Waals surface area (Å²) in [5.41, 5.74) is 3.51. The van der Waals surface area contributed by atoms with Crippen LogP contribution in [-0.4, -0.2) is 13.6 Å². The molecule has 2 nitrogen and oxygen atoms in total. The first-order chi connectivity index (χ1) is 10.2. The minimum atomic E-state index is 0.546. The fraction of sp³-hybridized carbons (Fsp3) is 0.167. The molecule has 0 unspecified atom stereocenters. The second-order valence-electron chi connectivity index (χ2n) is 4.81. The molecule has 0 aliphatic carbocycles. The Hall–Kier alpha value is -1.80. The molecule has 0 bridgehead atoms. The summed E-state index contributed by atoms with van der Waals surface area (Å²) in [6.45, 7) is 0.758. The highest BCUT2D eigenvalue weighted by atomic mass is 127. The maximum Gasteiger partial charge on any atom is 0.0640 e. The number of anilines is 1. The van der Waals surface area contributed by atoms with Crippen molar-refractivity contribution < 1.29 is 0 Å². The third kappa shape index (κ3) is 4.91. The Morgan fingerprint density at radius 1 is 1.10 bits per heavy atom. The van der Waals surface area contributed by atoms with Gasteiger partial charge in [0.2, 0.25) is 0 Å². The molecule has 0 saturated heterocycles. The topological polar surface area (TPSA) is 27.0 Å². The largest absolute Gasteiger partial charge is 0.374 e. The minimum absolute atomic E-state index is 0.546. The van der Waals surface area contributed by atoms with Crippen LogP contribution in [0.5, 0.6) is 0 Å². The van der Waals surface area contributed by atoms with E-state index in [4.69, 9.17) is 5.26 Å². The number of hydrogen-bond donors (Lipinski definition) is 0. The van der Waals surface area contributed by atoms with Crippen LogP contribution in [0.4, 0.5) is 5.69 Å². The molecular weight excluding hydrogens is 371 g/mol. The Morgan fingerprint density at radius 2 is 1.81 bits per heavy atom. The maximum atomic E-state index is 8.62. The van der Waals surface area contributed by atoms with Crippen LogP contribution >= 0.6 is 22.6 Å². The van der Waals surface area contributed by atoms with E-state index in [-0.39, 0.29) is 0 Å². The van der Waals surface area contributed by atoms with Crippen molar-refractivity contribution in [1.29, 1.82) is 5.26 Å². The lowest BCUT2D eigenvalue weighted by Gasteiger charge is -2.17. The lowest BCUT2D eigenvalue weighted by Crippen LogP contribution is -2.17. The Kier molecular flexibility index (Phi) is 5.82. The van der Waals surface area contributed by atoms with Gasteiger partial charge in [-0.05, 0) is 58.0 Å². The molecule has 2 rings (SSSR count). The first-order valence-electron chi connectivity index (χ1n) is 6.81. The monoisotopic (exact) mass is 388 g/mol. The quantitative estimate of drug-likeness (QED) is 0.543. The predicted octanol–water partition coefficient (Wildman–Crippen LogP) is 4.81. The van der Waals surface area contributed by atoms with Gasteiger partial charge in [-0.15, -0.1) is 0 Å². The zero-order valence-corrected chi connectivity index (χ0v) is 14.1. The normalized spacial score (nSPS) is 10.5. The number of rotatable bonds is 5. The van der Waals surface area contributed by atoms with E-state index in [0.29, 0.717) is 6.42 Å². The van der Waals surface area contributed by atoms with Gasteiger partial charge in [-0.2, -0.15) is 5.26 Å². The highest BCUT2D eigenvalue weighted by Crippen LogP contribution is 2.16. The van der Waals surface area contributed by atoms with Crippen molar-refractivity contribution in [3.8, 4) is 6.07 Å². The van der Waals surface area contributed by atoms with Gasteiger partial charge < -0.3 is 4.90 Å². The van der Waals surface area contributed by atoms with Crippen LogP contribution in [0.25, 0.3) is 12.2 Å². The summed E-state index contributed by atoms with van der Waals surface area (Å²) in [4.78, 5) is 2.09. The highest BCUT2D eigenvalue weighted by molar-refractivity contribution is 14.1. The van der Waals surface area contributed by atoms with Gasteiger partial charge in [-0.25, -0.2) is 0 Å². The Bertz CT molecular complexity index is 654. The molecule has 0 aromatic heterocycles. The highest BCUT2D eigenvalue weighted by Gasteiger charge is 1.99. The van der Waals surface area contributed by atoms with Crippen molar-refractivity contribution in [2.24, 2.45) is 0 Å². The third-order valence-corrected chi connectivity index (χ3v) is 3.88. The fourth-order valence-electron chi connectivity index (χ4n) is 1.99. The predicted molar refractivity (Wildman–Crippen MR) is 98.0 cm³/mol. The molecule has 0 saturated carbocycles. The van der Waals surface area contributed by atoms with E-state index in [1.165, 1.54) is 14.7 Å². The molecular formula is C18H17IN2. The summed E-state index contributed by atoms with van der Waals surface area (Å²) in [6, 6.07) is 19.0. The molecule has 0 heterocycles. The van der Waals surface area contributed by atoms with Gasteiger partial charge in [0.05, 0.1) is 12.5 Å². The number of hydrogen-bond acceptors (Lipinski definition) is 2. The molecule has 3 heteroatoms. The van der Waals surface area contributed by atoms with E-state index >= 15 is 0 Å². The van der Waals surface area contributed by atoms with Crippen LogP contribution in [0.2, 0.25) is 0 Å². The molecule has 2 aromatic rings. The molecule has 0 amide bonds. The summed E-state index contributed by atoms with van der Waals surface area (Å²) in [7, 11) is 2.01. The van der Waals surface area contributed by atoms with E-state index in [0.717, 1.165) is 12.2 Å². The van der Waals surface area contributed by atoms with E-state index in [9.17, 15) is 0 Å². The van der Waals surface area contributed by atoms with Gasteiger partial charge in [0.15, 0.2) is 0 Å². The molecule has 0 radical (unpaired) electrons. The minimum Gasteiger partial charge on any atom is -0.374 e. The second kappa shape index (κ2) is 7.84. The molecule has 0 aliphatic heterocycles. The van der Waals surface area contributed by atoms with Crippen molar-refractivity contribution in [2.75, 3.05) is 18.5 Å². The molecule has 2 aromatic carbocycles. The number of nitriles is 1. The SMILES string of the molecule is CN(CCC#N)c1ccc(/C=C/c2cccc(I)c2)cc1. The van der Waals surface area contributed by atoms with Gasteiger partial charge >= 0.3 is 0 Å². The van der Waals surface area contributed by atoms with Crippen LogP contribution in [0.3, 0.4) is 0 Å². The van der Waals surface area contributed by atoms with Crippen LogP contribution < -0.4 is 4.90 Å². The smallest absolute Gasteiger partial charge is 0.0640 e. The van der Waals surface area contributed by atoms with Crippen molar-refractivity contribution in [2.45, 2.75) is 6.42 Å². The van der Waals surface area contributed by atoms with Crippen molar-refractivity contribution >= 4 is 40.4 Å². The molecule has 21 heavy (non-hydrogen) atoms. The zero-order valence-electron chi connectivity index (χ0n) is 12.0. The summed E-state index contributed by atoms with van der Waals surface area (Å²) in [5.74, 6) is 0. The van der Waals surface area contributed by atoms with Gasteiger partial charge in [0.25, 0.3) is 0 Å². The van der Waals surface area contributed by atoms with Gasteiger partial charge in [0.1, 0.15) is 0 Å². The number of benzene rings is 2. The molecule has 106 valence electrons. The molecule has 0 aliphatic rings. The Morgan fingerprint density at radius 3 is 2.48 bits per heavy atom. The van der Waals surface area contributed by atoms with Crippen LogP contribution in [0.15, 0.2) is 48.5 Å². The van der Waals surface area contributed by atoms with E-state index in [2.05, 4.69) is 94.2 Å². The number of halogens is 1. The van der Waals surface area contributed by atoms with Crippen molar-refractivity contribution in [1.82, 2.24) is 0 Å². The van der Waals surface area contributed by atoms with E-state index in [1.54, 1.807) is 0 Å². The summed E-state index contributed by atoms with van der Waals surface area (Å²) in [6.07, 6.45) is 4.78. The van der Waals surface area contributed by atoms with Gasteiger partial charge in [-0.3, -0.25) is 0 Å². The van der Waals surface area contributed by atoms with Crippen LogP contribution in [0, 0.1) is 14.9 Å². The lowest BCUT2D eigenvalue weighted by molar-refractivity contribution is 0.905. The van der Waals surface area contributed by atoms with E-state index in [1.807, 2.05) is 7.05 Å². The third-order valence-electron chi connectivity index (χ3n) is 3.21. The van der Waals surface area contributed by atoms with Crippen LogP contribution in [0.1, 0.15) is 17.5 Å². The molecule has 0 atom stereocenters. The average Bonchev–Trinajstić information content (AvgIpc) is 2.51. The Balaban J connectivity index is 2.04. The maximum absolute atomic E-state index is 8.62. The summed E-state index contributed by atoms with van der Waals surface area (Å²) in [5, 5.41) is 8.62. The fourth-order valence-corrected chi connectivity index (χ4v) is 2.56.